The van der Waals surface area contributed by atoms with Crippen LogP contribution in [0.5, 0.6) is 0 Å². The minimum absolute atomic E-state index is 0.151. The average molecular weight is 320 g/mol. The average Bonchev–Trinajstić information content (AvgIpc) is 2.68. The predicted molar refractivity (Wildman–Crippen MR) is 89.6 cm³/mol. The van der Waals surface area contributed by atoms with E-state index >= 15 is 0 Å². The summed E-state index contributed by atoms with van der Waals surface area (Å²) in [5.41, 5.74) is 1.73. The van der Waals surface area contributed by atoms with E-state index in [4.69, 9.17) is 14.0 Å². The van der Waals surface area contributed by atoms with E-state index in [-0.39, 0.29) is 11.7 Å². The van der Waals surface area contributed by atoms with Crippen molar-refractivity contribution in [2.24, 2.45) is 0 Å². The van der Waals surface area contributed by atoms with Gasteiger partial charge in [0.25, 0.3) is 0 Å². The lowest BCUT2D eigenvalue weighted by Crippen LogP contribution is -2.41. The molecule has 2 saturated heterocycles. The van der Waals surface area contributed by atoms with Gasteiger partial charge in [0, 0.05) is 13.2 Å². The number of benzene rings is 1. The van der Waals surface area contributed by atoms with E-state index in [9.17, 15) is 4.39 Å². The first-order valence-corrected chi connectivity index (χ1v) is 8.44. The first-order valence-electron chi connectivity index (χ1n) is 8.44. The maximum Gasteiger partial charge on any atom is 0.494 e. The molecule has 1 aromatic rings. The largest absolute Gasteiger partial charge is 0.494 e. The van der Waals surface area contributed by atoms with Gasteiger partial charge >= 0.3 is 7.12 Å². The van der Waals surface area contributed by atoms with Crippen molar-refractivity contribution in [3.63, 3.8) is 0 Å². The lowest BCUT2D eigenvalue weighted by atomic mass is 9.76. The van der Waals surface area contributed by atoms with Gasteiger partial charge in [-0.05, 0) is 76.0 Å². The standard InChI is InChI=1S/C18H26BFO3/c1-12-10-14(19-22-17(2,3)18(4,5)23-19)11-15(20)16(12)13-6-8-21-9-7-13/h10-11,13H,6-9H2,1-5H3. The van der Waals surface area contributed by atoms with Crippen molar-refractivity contribution >= 4 is 12.6 Å². The molecule has 2 aliphatic rings. The normalized spacial score (nSPS) is 24.2. The summed E-state index contributed by atoms with van der Waals surface area (Å²) in [5.74, 6) is 0.0951. The van der Waals surface area contributed by atoms with E-state index in [1.54, 1.807) is 6.07 Å². The van der Waals surface area contributed by atoms with Gasteiger partial charge in [-0.2, -0.15) is 0 Å². The van der Waals surface area contributed by atoms with Gasteiger partial charge in [-0.25, -0.2) is 4.39 Å². The zero-order valence-corrected chi connectivity index (χ0v) is 14.7. The van der Waals surface area contributed by atoms with Gasteiger partial charge in [0.2, 0.25) is 0 Å². The molecule has 0 aromatic heterocycles. The Bertz CT molecular complexity index is 555. The summed E-state index contributed by atoms with van der Waals surface area (Å²) in [6, 6.07) is 3.59. The molecule has 0 aliphatic carbocycles. The van der Waals surface area contributed by atoms with Gasteiger partial charge in [0.1, 0.15) is 5.82 Å². The van der Waals surface area contributed by atoms with E-state index in [2.05, 4.69) is 0 Å². The molecule has 0 radical (unpaired) electrons. The van der Waals surface area contributed by atoms with Gasteiger partial charge in [0.05, 0.1) is 11.2 Å². The molecule has 23 heavy (non-hydrogen) atoms. The number of halogens is 1. The highest BCUT2D eigenvalue weighted by Crippen LogP contribution is 2.37. The zero-order valence-electron chi connectivity index (χ0n) is 14.7. The minimum Gasteiger partial charge on any atom is -0.399 e. The van der Waals surface area contributed by atoms with Crippen LogP contribution in [0.3, 0.4) is 0 Å². The van der Waals surface area contributed by atoms with Gasteiger partial charge < -0.3 is 14.0 Å². The van der Waals surface area contributed by atoms with Crippen LogP contribution in [-0.2, 0) is 14.0 Å². The van der Waals surface area contributed by atoms with Crippen LogP contribution in [0.2, 0.25) is 0 Å². The van der Waals surface area contributed by atoms with Crippen molar-refractivity contribution in [3.8, 4) is 0 Å². The molecular formula is C18H26BFO3. The molecule has 2 aliphatic heterocycles. The summed E-state index contributed by atoms with van der Waals surface area (Å²) in [5, 5.41) is 0. The van der Waals surface area contributed by atoms with Crippen LogP contribution in [0.25, 0.3) is 0 Å². The molecule has 3 rings (SSSR count). The first kappa shape index (κ1) is 16.9. The fraction of sp³-hybridized carbons (Fsp3) is 0.667. The third-order valence-electron chi connectivity index (χ3n) is 5.51. The second-order valence-electron chi connectivity index (χ2n) is 7.71. The van der Waals surface area contributed by atoms with Gasteiger partial charge in [0.15, 0.2) is 0 Å². The van der Waals surface area contributed by atoms with E-state index in [0.717, 1.165) is 29.4 Å². The van der Waals surface area contributed by atoms with Crippen LogP contribution in [0.4, 0.5) is 4.39 Å². The highest BCUT2D eigenvalue weighted by Gasteiger charge is 2.51. The molecule has 1 aromatic carbocycles. The Morgan fingerprint density at radius 1 is 1.04 bits per heavy atom. The maximum atomic E-state index is 14.8. The Kier molecular flexibility index (Phi) is 4.32. The van der Waals surface area contributed by atoms with Crippen molar-refractivity contribution in [2.45, 2.75) is 64.6 Å². The van der Waals surface area contributed by atoms with Crippen LogP contribution in [0.15, 0.2) is 12.1 Å². The molecule has 0 bridgehead atoms. The molecule has 3 nitrogen and oxygen atoms in total. The minimum atomic E-state index is -0.517. The Labute approximate surface area is 138 Å². The van der Waals surface area contributed by atoms with E-state index in [1.807, 2.05) is 40.7 Å². The van der Waals surface area contributed by atoms with E-state index in [0.29, 0.717) is 13.2 Å². The topological polar surface area (TPSA) is 27.7 Å². The van der Waals surface area contributed by atoms with Crippen molar-refractivity contribution in [1.82, 2.24) is 0 Å². The first-order chi connectivity index (χ1) is 10.7. The number of rotatable bonds is 2. The summed E-state index contributed by atoms with van der Waals surface area (Å²) in [6.07, 6.45) is 1.77. The van der Waals surface area contributed by atoms with E-state index < -0.39 is 18.3 Å². The molecule has 0 N–H and O–H groups in total. The monoisotopic (exact) mass is 320 g/mol. The lowest BCUT2D eigenvalue weighted by molar-refractivity contribution is 0.00578. The molecule has 126 valence electrons. The number of hydrogen-bond acceptors (Lipinski definition) is 3. The second kappa shape index (κ2) is 5.87. The third-order valence-corrected chi connectivity index (χ3v) is 5.51. The highest BCUT2D eigenvalue weighted by atomic mass is 19.1. The lowest BCUT2D eigenvalue weighted by Gasteiger charge is -2.32. The quantitative estimate of drug-likeness (QED) is 0.783. The summed E-state index contributed by atoms with van der Waals surface area (Å²) < 4.78 is 32.2. The number of aryl methyl sites for hydroxylation is 1. The summed E-state index contributed by atoms with van der Waals surface area (Å²) in [4.78, 5) is 0. The second-order valence-corrected chi connectivity index (χ2v) is 7.71. The van der Waals surface area contributed by atoms with Crippen molar-refractivity contribution < 1.29 is 18.4 Å². The summed E-state index contributed by atoms with van der Waals surface area (Å²) in [7, 11) is -0.517. The number of hydrogen-bond donors (Lipinski definition) is 0. The summed E-state index contributed by atoms with van der Waals surface area (Å²) in [6.45, 7) is 11.4. The molecule has 0 unspecified atom stereocenters. The fourth-order valence-electron chi connectivity index (χ4n) is 3.40. The Hall–Kier alpha value is -0.905. The molecule has 2 fully saturated rings. The van der Waals surface area contributed by atoms with E-state index in [1.165, 1.54) is 0 Å². The third kappa shape index (κ3) is 3.06. The van der Waals surface area contributed by atoms with Crippen LogP contribution in [0, 0.1) is 12.7 Å². The van der Waals surface area contributed by atoms with Gasteiger partial charge in [-0.15, -0.1) is 0 Å². The smallest absolute Gasteiger partial charge is 0.399 e. The van der Waals surface area contributed by atoms with Crippen molar-refractivity contribution in [3.05, 3.63) is 29.1 Å². The molecule has 0 saturated carbocycles. The van der Waals surface area contributed by atoms with Crippen molar-refractivity contribution in [1.29, 1.82) is 0 Å². The highest BCUT2D eigenvalue weighted by molar-refractivity contribution is 6.62. The number of ether oxygens (including phenoxy) is 1. The molecular weight excluding hydrogens is 294 g/mol. The van der Waals surface area contributed by atoms with Crippen molar-refractivity contribution in [2.75, 3.05) is 13.2 Å². The molecule has 0 spiro atoms. The van der Waals surface area contributed by atoms with Gasteiger partial charge in [-0.1, -0.05) is 6.07 Å². The fourth-order valence-corrected chi connectivity index (χ4v) is 3.40. The van der Waals surface area contributed by atoms with Crippen LogP contribution in [0.1, 0.15) is 57.6 Å². The molecule has 0 amide bonds. The molecule has 5 heteroatoms. The Balaban J connectivity index is 1.89. The SMILES string of the molecule is Cc1cc(B2OC(C)(C)C(C)(C)O2)cc(F)c1C1CCOCC1. The predicted octanol–water partition coefficient (Wildman–Crippen LogP) is 3.33. The molecule has 2 heterocycles. The van der Waals surface area contributed by atoms with Crippen LogP contribution >= 0.6 is 0 Å². The Morgan fingerprint density at radius 2 is 1.61 bits per heavy atom. The van der Waals surface area contributed by atoms with Crippen LogP contribution in [-0.4, -0.2) is 31.5 Å². The summed E-state index contributed by atoms with van der Waals surface area (Å²) >= 11 is 0. The molecule has 0 atom stereocenters. The zero-order chi connectivity index (χ0) is 16.8. The Morgan fingerprint density at radius 3 is 2.13 bits per heavy atom. The van der Waals surface area contributed by atoms with Gasteiger partial charge in [-0.3, -0.25) is 0 Å². The van der Waals surface area contributed by atoms with Crippen LogP contribution < -0.4 is 5.46 Å². The maximum absolute atomic E-state index is 14.8.